The fourth-order valence-electron chi connectivity index (χ4n) is 2.72. The summed E-state index contributed by atoms with van der Waals surface area (Å²) in [5.74, 6) is 1.16. The van der Waals surface area contributed by atoms with Crippen molar-refractivity contribution in [1.82, 2.24) is 0 Å². The minimum Gasteiger partial charge on any atom is -0.493 e. The molecule has 0 amide bonds. The molecule has 1 unspecified atom stereocenters. The standard InChI is InChI=1S/C16H20O5/c1-19-15-6-11(13(7-16(17)18)10-2-3-10)4-5-14(15)21-12-8-20-9-12/h4-6,10,12-13H,2-3,7-9H2,1H3,(H,17,18). The topological polar surface area (TPSA) is 65.0 Å². The summed E-state index contributed by atoms with van der Waals surface area (Å²) in [5.41, 5.74) is 1.02. The second kappa shape index (κ2) is 5.93. The van der Waals surface area contributed by atoms with Crippen molar-refractivity contribution < 1.29 is 24.1 Å². The van der Waals surface area contributed by atoms with Crippen LogP contribution in [0.4, 0.5) is 0 Å². The molecule has 1 aliphatic carbocycles. The van der Waals surface area contributed by atoms with E-state index in [9.17, 15) is 4.79 Å². The average Bonchev–Trinajstić information content (AvgIpc) is 3.24. The number of carboxylic acids is 1. The van der Waals surface area contributed by atoms with Crippen LogP contribution in [0.2, 0.25) is 0 Å². The van der Waals surface area contributed by atoms with Crippen LogP contribution in [-0.2, 0) is 9.53 Å². The van der Waals surface area contributed by atoms with E-state index >= 15 is 0 Å². The largest absolute Gasteiger partial charge is 0.493 e. The first-order valence-corrected chi connectivity index (χ1v) is 7.31. The highest BCUT2D eigenvalue weighted by atomic mass is 16.6. The summed E-state index contributed by atoms with van der Waals surface area (Å²) in [4.78, 5) is 11.1. The molecule has 0 radical (unpaired) electrons. The first kappa shape index (κ1) is 14.2. The lowest BCUT2D eigenvalue weighted by Crippen LogP contribution is -2.38. The number of rotatable bonds is 7. The molecule has 1 saturated heterocycles. The average molecular weight is 292 g/mol. The molecule has 1 aliphatic heterocycles. The zero-order chi connectivity index (χ0) is 14.8. The Labute approximate surface area is 123 Å². The fraction of sp³-hybridized carbons (Fsp3) is 0.562. The molecule has 2 fully saturated rings. The van der Waals surface area contributed by atoms with Crippen LogP contribution in [-0.4, -0.2) is 37.5 Å². The number of hydrogen-bond donors (Lipinski definition) is 1. The number of carboxylic acid groups (broad SMARTS) is 1. The van der Waals surface area contributed by atoms with Gasteiger partial charge in [-0.25, -0.2) is 0 Å². The Morgan fingerprint density at radius 2 is 2.14 bits per heavy atom. The fourth-order valence-corrected chi connectivity index (χ4v) is 2.72. The van der Waals surface area contributed by atoms with Crippen molar-refractivity contribution in [3.8, 4) is 11.5 Å². The Balaban J connectivity index is 1.79. The predicted octanol–water partition coefficient (Wildman–Crippen LogP) is 2.44. The van der Waals surface area contributed by atoms with E-state index in [1.807, 2.05) is 18.2 Å². The van der Waals surface area contributed by atoms with Crippen molar-refractivity contribution >= 4 is 5.97 Å². The summed E-state index contributed by atoms with van der Waals surface area (Å²) >= 11 is 0. The Morgan fingerprint density at radius 3 is 2.67 bits per heavy atom. The molecule has 2 aliphatic rings. The van der Waals surface area contributed by atoms with Gasteiger partial charge >= 0.3 is 5.97 Å². The van der Waals surface area contributed by atoms with Crippen molar-refractivity contribution in [3.63, 3.8) is 0 Å². The first-order valence-electron chi connectivity index (χ1n) is 7.31. The lowest BCUT2D eigenvalue weighted by Gasteiger charge is -2.27. The molecule has 114 valence electrons. The van der Waals surface area contributed by atoms with Gasteiger partial charge in [0.05, 0.1) is 26.7 Å². The molecular weight excluding hydrogens is 272 g/mol. The highest BCUT2D eigenvalue weighted by molar-refractivity contribution is 5.68. The Hall–Kier alpha value is -1.75. The summed E-state index contributed by atoms with van der Waals surface area (Å²) < 4.78 is 16.3. The van der Waals surface area contributed by atoms with E-state index in [1.54, 1.807) is 7.11 Å². The SMILES string of the molecule is COc1cc(C(CC(=O)O)C2CC2)ccc1OC1COC1. The number of carbonyl (C=O) groups is 1. The molecule has 1 heterocycles. The van der Waals surface area contributed by atoms with Crippen LogP contribution in [0.3, 0.4) is 0 Å². The second-order valence-corrected chi connectivity index (χ2v) is 5.73. The molecule has 21 heavy (non-hydrogen) atoms. The number of methoxy groups -OCH3 is 1. The lowest BCUT2D eigenvalue weighted by atomic mass is 9.91. The van der Waals surface area contributed by atoms with Gasteiger partial charge in [-0.1, -0.05) is 6.07 Å². The van der Waals surface area contributed by atoms with Crippen LogP contribution in [0.25, 0.3) is 0 Å². The molecule has 3 rings (SSSR count). The molecule has 1 atom stereocenters. The van der Waals surface area contributed by atoms with Crippen LogP contribution in [0.1, 0.15) is 30.7 Å². The van der Waals surface area contributed by atoms with Crippen LogP contribution >= 0.6 is 0 Å². The smallest absolute Gasteiger partial charge is 0.303 e. The van der Waals surface area contributed by atoms with E-state index in [2.05, 4.69) is 0 Å². The highest BCUT2D eigenvalue weighted by Crippen LogP contribution is 2.46. The molecule has 0 bridgehead atoms. The van der Waals surface area contributed by atoms with Gasteiger partial charge in [-0.15, -0.1) is 0 Å². The number of ether oxygens (including phenoxy) is 3. The van der Waals surface area contributed by atoms with Crippen molar-refractivity contribution in [1.29, 1.82) is 0 Å². The maximum Gasteiger partial charge on any atom is 0.303 e. The van der Waals surface area contributed by atoms with Gasteiger partial charge in [0.2, 0.25) is 0 Å². The summed E-state index contributed by atoms with van der Waals surface area (Å²) in [6.07, 6.45) is 2.48. The van der Waals surface area contributed by atoms with Crippen molar-refractivity contribution in [2.45, 2.75) is 31.3 Å². The van der Waals surface area contributed by atoms with E-state index in [-0.39, 0.29) is 18.4 Å². The molecule has 0 aromatic heterocycles. The quantitative estimate of drug-likeness (QED) is 0.836. The Bertz CT molecular complexity index is 519. The van der Waals surface area contributed by atoms with Crippen molar-refractivity contribution in [2.75, 3.05) is 20.3 Å². The van der Waals surface area contributed by atoms with Crippen LogP contribution in [0, 0.1) is 5.92 Å². The van der Waals surface area contributed by atoms with Gasteiger partial charge < -0.3 is 19.3 Å². The number of aliphatic carboxylic acids is 1. The molecule has 0 spiro atoms. The molecule has 1 aromatic carbocycles. The molecule has 5 nitrogen and oxygen atoms in total. The number of hydrogen-bond acceptors (Lipinski definition) is 4. The molecule has 1 aromatic rings. The van der Waals surface area contributed by atoms with Gasteiger partial charge in [-0.05, 0) is 42.4 Å². The van der Waals surface area contributed by atoms with E-state index < -0.39 is 5.97 Å². The Kier molecular flexibility index (Phi) is 4.01. The van der Waals surface area contributed by atoms with E-state index in [0.717, 1.165) is 18.4 Å². The second-order valence-electron chi connectivity index (χ2n) is 5.73. The molecular formula is C16H20O5. The summed E-state index contributed by atoms with van der Waals surface area (Å²) in [5, 5.41) is 9.09. The zero-order valence-electron chi connectivity index (χ0n) is 12.1. The molecule has 1 saturated carbocycles. The van der Waals surface area contributed by atoms with Crippen LogP contribution in [0.5, 0.6) is 11.5 Å². The molecule has 1 N–H and O–H groups in total. The minimum absolute atomic E-state index is 0.0671. The summed E-state index contributed by atoms with van der Waals surface area (Å²) in [6, 6.07) is 5.76. The third kappa shape index (κ3) is 3.29. The van der Waals surface area contributed by atoms with Gasteiger partial charge in [0.25, 0.3) is 0 Å². The van der Waals surface area contributed by atoms with Crippen LogP contribution in [0.15, 0.2) is 18.2 Å². The van der Waals surface area contributed by atoms with Gasteiger partial charge in [-0.3, -0.25) is 4.79 Å². The van der Waals surface area contributed by atoms with Gasteiger partial charge in [-0.2, -0.15) is 0 Å². The molecule has 5 heteroatoms. The third-order valence-corrected chi connectivity index (χ3v) is 4.10. The monoisotopic (exact) mass is 292 g/mol. The first-order chi connectivity index (χ1) is 10.2. The normalized spacial score (nSPS) is 19.7. The van der Waals surface area contributed by atoms with Gasteiger partial charge in [0.15, 0.2) is 11.5 Å². The maximum absolute atomic E-state index is 11.1. The van der Waals surface area contributed by atoms with E-state index in [0.29, 0.717) is 30.6 Å². The van der Waals surface area contributed by atoms with Crippen molar-refractivity contribution in [2.24, 2.45) is 5.92 Å². The predicted molar refractivity (Wildman–Crippen MR) is 75.9 cm³/mol. The Morgan fingerprint density at radius 1 is 1.38 bits per heavy atom. The summed E-state index contributed by atoms with van der Waals surface area (Å²) in [7, 11) is 1.60. The lowest BCUT2D eigenvalue weighted by molar-refractivity contribution is -0.137. The van der Waals surface area contributed by atoms with Crippen molar-refractivity contribution in [3.05, 3.63) is 23.8 Å². The summed E-state index contributed by atoms with van der Waals surface area (Å²) in [6.45, 7) is 1.21. The van der Waals surface area contributed by atoms with Gasteiger partial charge in [0, 0.05) is 0 Å². The van der Waals surface area contributed by atoms with Gasteiger partial charge in [0.1, 0.15) is 6.10 Å². The zero-order valence-corrected chi connectivity index (χ0v) is 12.1. The maximum atomic E-state index is 11.1. The number of benzene rings is 1. The highest BCUT2D eigenvalue weighted by Gasteiger charge is 2.34. The minimum atomic E-state index is -0.752. The third-order valence-electron chi connectivity index (χ3n) is 4.10. The van der Waals surface area contributed by atoms with E-state index in [4.69, 9.17) is 19.3 Å². The van der Waals surface area contributed by atoms with E-state index in [1.165, 1.54) is 0 Å². The van der Waals surface area contributed by atoms with Crippen LogP contribution < -0.4 is 9.47 Å².